The quantitative estimate of drug-likeness (QED) is 0.784. The summed E-state index contributed by atoms with van der Waals surface area (Å²) in [5, 5.41) is 9.55. The molecule has 0 aromatic rings. The molecular weight excluding hydrogens is 270 g/mol. The number of carbonyl (C=O) groups excluding carboxylic acids is 1. The van der Waals surface area contributed by atoms with Crippen molar-refractivity contribution in [2.45, 2.75) is 46.5 Å². The Balaban J connectivity index is 2.87. The van der Waals surface area contributed by atoms with Gasteiger partial charge < -0.3 is 14.7 Å². The van der Waals surface area contributed by atoms with Gasteiger partial charge in [-0.3, -0.25) is 9.59 Å². The van der Waals surface area contributed by atoms with Gasteiger partial charge in [0.25, 0.3) is 0 Å². The van der Waals surface area contributed by atoms with E-state index in [0.29, 0.717) is 13.0 Å². The zero-order valence-corrected chi connectivity index (χ0v) is 13.7. The maximum Gasteiger partial charge on any atom is 0.313 e. The SMILES string of the molecule is CCCC(C(=O)N1CCCC(COC)(C(=O)O)C1)C(C)C. The zero-order chi connectivity index (χ0) is 16.0. The molecule has 0 aliphatic carbocycles. The summed E-state index contributed by atoms with van der Waals surface area (Å²) in [5.74, 6) is -0.491. The highest BCUT2D eigenvalue weighted by Crippen LogP contribution is 2.32. The molecule has 0 aromatic heterocycles. The van der Waals surface area contributed by atoms with Crippen LogP contribution in [-0.2, 0) is 14.3 Å². The third kappa shape index (κ3) is 4.19. The van der Waals surface area contributed by atoms with Crippen molar-refractivity contribution in [1.29, 1.82) is 0 Å². The number of methoxy groups -OCH3 is 1. The van der Waals surface area contributed by atoms with Gasteiger partial charge in [0.15, 0.2) is 0 Å². The molecule has 2 atom stereocenters. The molecule has 0 spiro atoms. The number of hydrogen-bond donors (Lipinski definition) is 1. The van der Waals surface area contributed by atoms with Gasteiger partial charge in [-0.05, 0) is 25.2 Å². The monoisotopic (exact) mass is 299 g/mol. The van der Waals surface area contributed by atoms with E-state index >= 15 is 0 Å². The van der Waals surface area contributed by atoms with Gasteiger partial charge in [0.1, 0.15) is 5.41 Å². The lowest BCUT2D eigenvalue weighted by Gasteiger charge is -2.41. The van der Waals surface area contributed by atoms with Crippen molar-refractivity contribution < 1.29 is 19.4 Å². The molecule has 0 bridgehead atoms. The van der Waals surface area contributed by atoms with Gasteiger partial charge in [-0.25, -0.2) is 0 Å². The molecule has 2 unspecified atom stereocenters. The topological polar surface area (TPSA) is 66.8 Å². The lowest BCUT2D eigenvalue weighted by molar-refractivity contribution is -0.160. The van der Waals surface area contributed by atoms with E-state index in [1.807, 2.05) is 0 Å². The van der Waals surface area contributed by atoms with E-state index in [9.17, 15) is 14.7 Å². The van der Waals surface area contributed by atoms with Crippen molar-refractivity contribution in [3.8, 4) is 0 Å². The number of hydrogen-bond acceptors (Lipinski definition) is 3. The number of rotatable bonds is 7. The highest BCUT2D eigenvalue weighted by molar-refractivity contribution is 5.81. The fourth-order valence-electron chi connectivity index (χ4n) is 3.24. The third-order valence-corrected chi connectivity index (χ3v) is 4.48. The lowest BCUT2D eigenvalue weighted by atomic mass is 9.79. The number of amides is 1. The van der Waals surface area contributed by atoms with Crippen LogP contribution in [-0.4, -0.2) is 48.7 Å². The third-order valence-electron chi connectivity index (χ3n) is 4.48. The molecular formula is C16H29NO4. The average Bonchev–Trinajstić information content (AvgIpc) is 2.44. The van der Waals surface area contributed by atoms with Crippen LogP contribution in [0, 0.1) is 17.3 Å². The Morgan fingerprint density at radius 1 is 1.38 bits per heavy atom. The molecule has 1 aliphatic heterocycles. The second-order valence-electron chi connectivity index (χ2n) is 6.52. The Bertz CT molecular complexity index is 365. The molecule has 21 heavy (non-hydrogen) atoms. The van der Waals surface area contributed by atoms with Crippen LogP contribution >= 0.6 is 0 Å². The predicted octanol–water partition coefficient (Wildman–Crippen LogP) is 2.40. The van der Waals surface area contributed by atoms with Crippen LogP contribution in [0.15, 0.2) is 0 Å². The highest BCUT2D eigenvalue weighted by atomic mass is 16.5. The maximum absolute atomic E-state index is 12.7. The molecule has 0 saturated carbocycles. The largest absolute Gasteiger partial charge is 0.481 e. The van der Waals surface area contributed by atoms with Gasteiger partial charge >= 0.3 is 5.97 Å². The zero-order valence-electron chi connectivity index (χ0n) is 13.7. The minimum atomic E-state index is -0.948. The Morgan fingerprint density at radius 3 is 2.52 bits per heavy atom. The van der Waals surface area contributed by atoms with Crippen molar-refractivity contribution in [3.63, 3.8) is 0 Å². The average molecular weight is 299 g/mol. The van der Waals surface area contributed by atoms with Crippen molar-refractivity contribution in [2.75, 3.05) is 26.8 Å². The van der Waals surface area contributed by atoms with E-state index < -0.39 is 11.4 Å². The molecule has 1 heterocycles. The second kappa shape index (κ2) is 7.78. The van der Waals surface area contributed by atoms with Crippen molar-refractivity contribution in [2.24, 2.45) is 17.3 Å². The number of ether oxygens (including phenoxy) is 1. The van der Waals surface area contributed by atoms with Crippen LogP contribution in [0.25, 0.3) is 0 Å². The molecule has 0 aromatic carbocycles. The summed E-state index contributed by atoms with van der Waals surface area (Å²) in [4.78, 5) is 26.1. The summed E-state index contributed by atoms with van der Waals surface area (Å²) in [5.41, 5.74) is -0.948. The van der Waals surface area contributed by atoms with Crippen LogP contribution in [0.4, 0.5) is 0 Å². The van der Waals surface area contributed by atoms with Gasteiger partial charge in [0.05, 0.1) is 6.61 Å². The predicted molar refractivity (Wildman–Crippen MR) is 81.0 cm³/mol. The van der Waals surface area contributed by atoms with Gasteiger partial charge in [-0.2, -0.15) is 0 Å². The van der Waals surface area contributed by atoms with E-state index in [0.717, 1.165) is 19.3 Å². The molecule has 5 heteroatoms. The highest BCUT2D eigenvalue weighted by Gasteiger charge is 2.44. The maximum atomic E-state index is 12.7. The molecule has 1 N–H and O–H groups in total. The van der Waals surface area contributed by atoms with E-state index in [-0.39, 0.29) is 30.9 Å². The van der Waals surface area contributed by atoms with Crippen LogP contribution in [0.2, 0.25) is 0 Å². The Labute approximate surface area is 127 Å². The summed E-state index contributed by atoms with van der Waals surface area (Å²) in [6, 6.07) is 0. The molecule has 5 nitrogen and oxygen atoms in total. The summed E-state index contributed by atoms with van der Waals surface area (Å²) >= 11 is 0. The Kier molecular flexibility index (Phi) is 6.65. The Hall–Kier alpha value is -1.10. The summed E-state index contributed by atoms with van der Waals surface area (Å²) < 4.78 is 5.11. The van der Waals surface area contributed by atoms with Crippen molar-refractivity contribution in [3.05, 3.63) is 0 Å². The fourth-order valence-corrected chi connectivity index (χ4v) is 3.24. The Morgan fingerprint density at radius 2 is 2.05 bits per heavy atom. The van der Waals surface area contributed by atoms with Gasteiger partial charge in [0.2, 0.25) is 5.91 Å². The fraction of sp³-hybridized carbons (Fsp3) is 0.875. The molecule has 1 amide bonds. The van der Waals surface area contributed by atoms with Crippen molar-refractivity contribution >= 4 is 11.9 Å². The van der Waals surface area contributed by atoms with E-state index in [4.69, 9.17) is 4.74 Å². The standard InChI is InChI=1S/C16H29NO4/c1-5-7-13(12(2)3)14(18)17-9-6-8-16(10-17,11-21-4)15(19)20/h12-13H,5-11H2,1-4H3,(H,19,20). The first-order valence-corrected chi connectivity index (χ1v) is 7.89. The first kappa shape index (κ1) is 18.0. The first-order chi connectivity index (χ1) is 9.88. The van der Waals surface area contributed by atoms with Crippen LogP contribution in [0.3, 0.4) is 0 Å². The van der Waals surface area contributed by atoms with Gasteiger partial charge in [-0.15, -0.1) is 0 Å². The molecule has 1 rings (SSSR count). The van der Waals surface area contributed by atoms with Gasteiger partial charge in [-0.1, -0.05) is 27.2 Å². The number of carboxylic acid groups (broad SMARTS) is 1. The van der Waals surface area contributed by atoms with E-state index in [2.05, 4.69) is 20.8 Å². The first-order valence-electron chi connectivity index (χ1n) is 7.89. The minimum Gasteiger partial charge on any atom is -0.481 e. The van der Waals surface area contributed by atoms with Crippen LogP contribution in [0.1, 0.15) is 46.5 Å². The lowest BCUT2D eigenvalue weighted by Crippen LogP contribution is -2.53. The van der Waals surface area contributed by atoms with E-state index in [1.54, 1.807) is 4.90 Å². The number of nitrogens with zero attached hydrogens (tertiary/aromatic N) is 1. The minimum absolute atomic E-state index is 0.0119. The van der Waals surface area contributed by atoms with Crippen LogP contribution in [0.5, 0.6) is 0 Å². The molecule has 1 saturated heterocycles. The molecule has 1 fully saturated rings. The number of carbonyl (C=O) groups is 2. The molecule has 122 valence electrons. The van der Waals surface area contributed by atoms with Crippen molar-refractivity contribution in [1.82, 2.24) is 4.90 Å². The summed E-state index contributed by atoms with van der Waals surface area (Å²) in [6.45, 7) is 7.27. The number of likely N-dealkylation sites (tertiary alicyclic amines) is 1. The summed E-state index contributed by atoms with van der Waals surface area (Å²) in [7, 11) is 1.51. The molecule has 0 radical (unpaired) electrons. The van der Waals surface area contributed by atoms with Gasteiger partial charge in [0, 0.05) is 26.1 Å². The number of carboxylic acids is 1. The normalized spacial score (nSPS) is 24.1. The van der Waals surface area contributed by atoms with E-state index in [1.165, 1.54) is 7.11 Å². The number of aliphatic carboxylic acids is 1. The second-order valence-corrected chi connectivity index (χ2v) is 6.52. The summed E-state index contributed by atoms with van der Waals surface area (Å²) in [6.07, 6.45) is 3.11. The smallest absolute Gasteiger partial charge is 0.313 e. The number of piperidine rings is 1. The van der Waals surface area contributed by atoms with Crippen LogP contribution < -0.4 is 0 Å². The molecule has 1 aliphatic rings.